The van der Waals surface area contributed by atoms with Crippen LogP contribution in [0.15, 0.2) is 24.3 Å². The van der Waals surface area contributed by atoms with Gasteiger partial charge in [0.2, 0.25) is 11.8 Å². The van der Waals surface area contributed by atoms with Crippen LogP contribution >= 0.6 is 11.6 Å². The average molecular weight is 295 g/mol. The molecule has 1 aliphatic carbocycles. The lowest BCUT2D eigenvalue weighted by Crippen LogP contribution is -2.41. The molecule has 0 heterocycles. The van der Waals surface area contributed by atoms with Gasteiger partial charge in [-0.15, -0.1) is 0 Å². The highest BCUT2D eigenvalue weighted by Gasteiger charge is 2.25. The van der Waals surface area contributed by atoms with Crippen molar-refractivity contribution in [1.82, 2.24) is 5.32 Å². The van der Waals surface area contributed by atoms with Crippen molar-refractivity contribution >= 4 is 29.1 Å². The predicted molar refractivity (Wildman–Crippen MR) is 79.8 cm³/mol. The molecule has 0 spiro atoms. The molecule has 0 unspecified atom stereocenters. The van der Waals surface area contributed by atoms with Crippen molar-refractivity contribution in [3.63, 3.8) is 0 Å². The summed E-state index contributed by atoms with van der Waals surface area (Å²) >= 11 is 6.11. The molecule has 1 aromatic carbocycles. The molecule has 1 fully saturated rings. The fourth-order valence-electron chi connectivity index (χ4n) is 2.22. The van der Waals surface area contributed by atoms with Crippen LogP contribution in [0.2, 0.25) is 5.02 Å². The van der Waals surface area contributed by atoms with Crippen LogP contribution < -0.4 is 10.2 Å². The van der Waals surface area contributed by atoms with Crippen LogP contribution in [0, 0.1) is 5.92 Å². The van der Waals surface area contributed by atoms with E-state index in [-0.39, 0.29) is 17.7 Å². The first-order valence-electron chi connectivity index (χ1n) is 6.90. The third-order valence-corrected chi connectivity index (χ3v) is 3.95. The number of carbonyl (C=O) groups excluding carboxylic acids is 2. The summed E-state index contributed by atoms with van der Waals surface area (Å²) in [5.41, 5.74) is 0.680. The van der Waals surface area contributed by atoms with E-state index < -0.39 is 0 Å². The Kier molecular flexibility index (Phi) is 5.01. The van der Waals surface area contributed by atoms with Crippen molar-refractivity contribution in [3.8, 4) is 0 Å². The van der Waals surface area contributed by atoms with Gasteiger partial charge in [-0.3, -0.25) is 9.59 Å². The molecular formula is C15H19ClN2O2. The van der Waals surface area contributed by atoms with Gasteiger partial charge in [-0.1, -0.05) is 30.2 Å². The Morgan fingerprint density at radius 2 is 2.05 bits per heavy atom. The number of nitrogens with zero attached hydrogens (tertiary/aromatic N) is 1. The minimum absolute atomic E-state index is 0.0870. The van der Waals surface area contributed by atoms with Gasteiger partial charge < -0.3 is 10.2 Å². The first-order valence-corrected chi connectivity index (χ1v) is 7.27. The molecule has 0 bridgehead atoms. The summed E-state index contributed by atoms with van der Waals surface area (Å²) in [6.45, 7) is 2.37. The maximum atomic E-state index is 11.7. The molecule has 1 saturated carbocycles. The van der Waals surface area contributed by atoms with E-state index in [4.69, 9.17) is 11.6 Å². The number of nitrogens with one attached hydrogen (secondary N) is 1. The molecule has 1 aliphatic rings. The zero-order chi connectivity index (χ0) is 14.5. The minimum Gasteiger partial charge on any atom is -0.354 e. The van der Waals surface area contributed by atoms with Crippen molar-refractivity contribution in [1.29, 1.82) is 0 Å². The van der Waals surface area contributed by atoms with Gasteiger partial charge in [-0.05, 0) is 25.0 Å². The Morgan fingerprint density at radius 1 is 1.35 bits per heavy atom. The molecule has 4 nitrogen and oxygen atoms in total. The Balaban J connectivity index is 1.91. The monoisotopic (exact) mass is 294 g/mol. The molecule has 0 aromatic heterocycles. The fraction of sp³-hybridized carbons (Fsp3) is 0.467. The van der Waals surface area contributed by atoms with Crippen LogP contribution in [-0.4, -0.2) is 24.9 Å². The number of para-hydroxylation sites is 1. The molecule has 0 saturated heterocycles. The van der Waals surface area contributed by atoms with E-state index >= 15 is 0 Å². The lowest BCUT2D eigenvalue weighted by Gasteiger charge is -2.26. The van der Waals surface area contributed by atoms with E-state index in [1.807, 2.05) is 12.1 Å². The number of halogens is 1. The maximum absolute atomic E-state index is 11.7. The molecule has 2 rings (SSSR count). The van der Waals surface area contributed by atoms with Crippen molar-refractivity contribution < 1.29 is 9.59 Å². The molecule has 0 aliphatic heterocycles. The normalized spacial score (nSPS) is 14.5. The molecule has 1 N–H and O–H groups in total. The number of anilines is 1. The van der Waals surface area contributed by atoms with Crippen molar-refractivity contribution in [2.45, 2.75) is 26.2 Å². The van der Waals surface area contributed by atoms with E-state index in [9.17, 15) is 9.59 Å². The predicted octanol–water partition coefficient (Wildman–Crippen LogP) is 2.61. The first kappa shape index (κ1) is 14.9. The van der Waals surface area contributed by atoms with Gasteiger partial charge in [0.15, 0.2) is 0 Å². The van der Waals surface area contributed by atoms with Crippen LogP contribution in [0.3, 0.4) is 0 Å². The highest BCUT2D eigenvalue weighted by molar-refractivity contribution is 6.33. The maximum Gasteiger partial charge on any atom is 0.223 e. The zero-order valence-corrected chi connectivity index (χ0v) is 12.3. The van der Waals surface area contributed by atoms with Crippen molar-refractivity contribution in [2.75, 3.05) is 18.0 Å². The van der Waals surface area contributed by atoms with E-state index in [1.54, 1.807) is 17.0 Å². The van der Waals surface area contributed by atoms with E-state index in [0.717, 1.165) is 19.3 Å². The lowest BCUT2D eigenvalue weighted by molar-refractivity contribution is -0.127. The van der Waals surface area contributed by atoms with Gasteiger partial charge in [-0.2, -0.15) is 0 Å². The summed E-state index contributed by atoms with van der Waals surface area (Å²) < 4.78 is 0. The van der Waals surface area contributed by atoms with E-state index in [0.29, 0.717) is 23.8 Å². The van der Waals surface area contributed by atoms with Gasteiger partial charge in [0.25, 0.3) is 0 Å². The molecule has 0 atom stereocenters. The largest absolute Gasteiger partial charge is 0.354 e. The third kappa shape index (κ3) is 3.51. The Morgan fingerprint density at radius 3 is 2.60 bits per heavy atom. The summed E-state index contributed by atoms with van der Waals surface area (Å²) in [6, 6.07) is 7.21. The smallest absolute Gasteiger partial charge is 0.223 e. The zero-order valence-electron chi connectivity index (χ0n) is 11.6. The highest BCUT2D eigenvalue weighted by atomic mass is 35.5. The topological polar surface area (TPSA) is 49.4 Å². The Hall–Kier alpha value is -1.55. The van der Waals surface area contributed by atoms with E-state index in [1.165, 1.54) is 6.92 Å². The molecule has 20 heavy (non-hydrogen) atoms. The second-order valence-corrected chi connectivity index (χ2v) is 5.45. The van der Waals surface area contributed by atoms with Crippen molar-refractivity contribution in [2.24, 2.45) is 5.92 Å². The third-order valence-electron chi connectivity index (χ3n) is 3.63. The standard InChI is InChI=1S/C15H19ClN2O2/c1-11(19)18(14-8-3-2-7-13(14)16)10-9-17-15(20)12-5-4-6-12/h2-3,7-8,12H,4-6,9-10H2,1H3,(H,17,20). The SMILES string of the molecule is CC(=O)N(CCNC(=O)C1CCC1)c1ccccc1Cl. The fourth-order valence-corrected chi connectivity index (χ4v) is 2.46. The lowest BCUT2D eigenvalue weighted by atomic mass is 9.85. The summed E-state index contributed by atoms with van der Waals surface area (Å²) in [4.78, 5) is 25.1. The summed E-state index contributed by atoms with van der Waals surface area (Å²) in [7, 11) is 0. The quantitative estimate of drug-likeness (QED) is 0.907. The summed E-state index contributed by atoms with van der Waals surface area (Å²) in [5.74, 6) is 0.177. The number of carbonyl (C=O) groups is 2. The number of hydrogen-bond donors (Lipinski definition) is 1. The second-order valence-electron chi connectivity index (χ2n) is 5.04. The number of hydrogen-bond acceptors (Lipinski definition) is 2. The van der Waals surface area contributed by atoms with Crippen LogP contribution in [0.4, 0.5) is 5.69 Å². The molecule has 108 valence electrons. The van der Waals surface area contributed by atoms with Crippen LogP contribution in [-0.2, 0) is 9.59 Å². The highest BCUT2D eigenvalue weighted by Crippen LogP contribution is 2.26. The van der Waals surface area contributed by atoms with Crippen molar-refractivity contribution in [3.05, 3.63) is 29.3 Å². The van der Waals surface area contributed by atoms with Crippen LogP contribution in [0.1, 0.15) is 26.2 Å². The van der Waals surface area contributed by atoms with Crippen LogP contribution in [0.5, 0.6) is 0 Å². The van der Waals surface area contributed by atoms with Gasteiger partial charge in [0, 0.05) is 25.9 Å². The Labute approximate surface area is 124 Å². The van der Waals surface area contributed by atoms with Gasteiger partial charge in [-0.25, -0.2) is 0 Å². The molecule has 5 heteroatoms. The summed E-state index contributed by atoms with van der Waals surface area (Å²) in [5, 5.41) is 3.42. The van der Waals surface area contributed by atoms with Gasteiger partial charge in [0.05, 0.1) is 10.7 Å². The number of rotatable bonds is 5. The Bertz CT molecular complexity index is 500. The second kappa shape index (κ2) is 6.75. The first-order chi connectivity index (χ1) is 9.59. The number of benzene rings is 1. The molecule has 0 radical (unpaired) electrons. The molecule has 1 aromatic rings. The van der Waals surface area contributed by atoms with E-state index in [2.05, 4.69) is 5.32 Å². The van der Waals surface area contributed by atoms with Crippen LogP contribution in [0.25, 0.3) is 0 Å². The minimum atomic E-state index is -0.0870. The number of amides is 2. The van der Waals surface area contributed by atoms with Gasteiger partial charge >= 0.3 is 0 Å². The average Bonchev–Trinajstić information content (AvgIpc) is 2.33. The van der Waals surface area contributed by atoms with Gasteiger partial charge in [0.1, 0.15) is 0 Å². The molecule has 2 amide bonds. The summed E-state index contributed by atoms with van der Waals surface area (Å²) in [6.07, 6.45) is 3.09. The molecular weight excluding hydrogens is 276 g/mol.